The zero-order valence-corrected chi connectivity index (χ0v) is 19.2. The molecule has 0 spiro atoms. The van der Waals surface area contributed by atoms with E-state index >= 15 is 0 Å². The highest BCUT2D eigenvalue weighted by molar-refractivity contribution is 5.96. The number of guanidine groups is 1. The molecule has 1 saturated carbocycles. The van der Waals surface area contributed by atoms with Crippen molar-refractivity contribution in [2.24, 2.45) is 16.5 Å². The number of nitrogens with zero attached hydrogens (tertiary/aromatic N) is 4. The molecule has 2 heterocycles. The number of fused-ring (bicyclic) bond motifs is 1. The summed E-state index contributed by atoms with van der Waals surface area (Å²) in [5.41, 5.74) is 13.2. The van der Waals surface area contributed by atoms with Gasteiger partial charge in [-0.2, -0.15) is 0 Å². The van der Waals surface area contributed by atoms with Crippen LogP contribution >= 0.6 is 0 Å². The van der Waals surface area contributed by atoms with Gasteiger partial charge in [0.1, 0.15) is 5.82 Å². The maximum Gasteiger partial charge on any atom is 0.289 e. The van der Waals surface area contributed by atoms with Crippen LogP contribution in [0.3, 0.4) is 0 Å². The summed E-state index contributed by atoms with van der Waals surface area (Å²) in [7, 11) is 0. The van der Waals surface area contributed by atoms with Crippen molar-refractivity contribution in [2.45, 2.75) is 44.7 Å². The second kappa shape index (κ2) is 10.8. The summed E-state index contributed by atoms with van der Waals surface area (Å²) >= 11 is 0. The van der Waals surface area contributed by atoms with Gasteiger partial charge in [0.15, 0.2) is 5.96 Å². The Bertz CT molecular complexity index is 1000. The highest BCUT2D eigenvalue weighted by Gasteiger charge is 2.26. The van der Waals surface area contributed by atoms with E-state index in [0.29, 0.717) is 12.4 Å². The number of aromatic nitrogens is 2. The highest BCUT2D eigenvalue weighted by Crippen LogP contribution is 2.28. The Labute approximate surface area is 194 Å². The Morgan fingerprint density at radius 3 is 2.79 bits per heavy atom. The topological polar surface area (TPSA) is 144 Å². The fraction of sp³-hybridized carbons (Fsp3) is 0.565. The van der Waals surface area contributed by atoms with Gasteiger partial charge in [-0.3, -0.25) is 9.69 Å². The zero-order valence-electron chi connectivity index (χ0n) is 19.2. The van der Waals surface area contributed by atoms with Crippen LogP contribution in [-0.4, -0.2) is 78.2 Å². The van der Waals surface area contributed by atoms with Gasteiger partial charge in [0.2, 0.25) is 5.82 Å². The van der Waals surface area contributed by atoms with E-state index in [4.69, 9.17) is 16.2 Å². The molecule has 1 aliphatic heterocycles. The van der Waals surface area contributed by atoms with Gasteiger partial charge in [-0.05, 0) is 31.9 Å². The van der Waals surface area contributed by atoms with E-state index in [-0.39, 0.29) is 29.8 Å². The number of hydrogen-bond donors (Lipinski definition) is 4. The number of carbonyl (C=O) groups excluding carboxylic acids is 1. The average molecular weight is 455 g/mol. The van der Waals surface area contributed by atoms with Crippen LogP contribution in [0.25, 0.3) is 10.9 Å². The van der Waals surface area contributed by atoms with Gasteiger partial charge in [0, 0.05) is 31.6 Å². The predicted octanol–water partition coefficient (Wildman–Crippen LogP) is 0.997. The Balaban J connectivity index is 1.54. The molecule has 1 amide bonds. The summed E-state index contributed by atoms with van der Waals surface area (Å²) in [6.07, 6.45) is 4.01. The molecule has 178 valence electrons. The van der Waals surface area contributed by atoms with Crippen molar-refractivity contribution in [1.29, 1.82) is 0 Å². The van der Waals surface area contributed by atoms with Crippen molar-refractivity contribution in [3.63, 3.8) is 0 Å². The van der Waals surface area contributed by atoms with E-state index in [1.54, 1.807) is 0 Å². The molecule has 2 fully saturated rings. The third kappa shape index (κ3) is 6.08. The Kier molecular flexibility index (Phi) is 7.56. The number of anilines is 1. The number of benzene rings is 1. The van der Waals surface area contributed by atoms with E-state index < -0.39 is 0 Å². The van der Waals surface area contributed by atoms with Gasteiger partial charge in [-0.15, -0.1) is 0 Å². The summed E-state index contributed by atoms with van der Waals surface area (Å²) in [6, 6.07) is 5.97. The van der Waals surface area contributed by atoms with Crippen molar-refractivity contribution in [2.75, 3.05) is 44.7 Å². The number of hydrogen-bond acceptors (Lipinski definition) is 7. The lowest BCUT2D eigenvalue weighted by atomic mass is 9.90. The van der Waals surface area contributed by atoms with Gasteiger partial charge < -0.3 is 26.8 Å². The fourth-order valence-corrected chi connectivity index (χ4v) is 4.49. The molecule has 0 bridgehead atoms. The van der Waals surface area contributed by atoms with Gasteiger partial charge in [0.25, 0.3) is 5.91 Å². The van der Waals surface area contributed by atoms with E-state index in [2.05, 4.69) is 30.5 Å². The molecule has 2 unspecified atom stereocenters. The number of morpholine rings is 1. The molecule has 4 rings (SSSR count). The van der Waals surface area contributed by atoms with Crippen molar-refractivity contribution < 1.29 is 9.53 Å². The highest BCUT2D eigenvalue weighted by atomic mass is 16.5. The largest absolute Gasteiger partial charge is 0.379 e. The molecule has 33 heavy (non-hydrogen) atoms. The first-order valence-corrected chi connectivity index (χ1v) is 11.7. The molecule has 10 nitrogen and oxygen atoms in total. The first-order chi connectivity index (χ1) is 16.0. The van der Waals surface area contributed by atoms with Crippen molar-refractivity contribution in [1.82, 2.24) is 20.2 Å². The number of ether oxygens (including phenoxy) is 1. The molecule has 1 aliphatic carbocycles. The number of amides is 1. The average Bonchev–Trinajstić information content (AvgIpc) is 2.81. The van der Waals surface area contributed by atoms with Crippen LogP contribution in [0.5, 0.6) is 0 Å². The summed E-state index contributed by atoms with van der Waals surface area (Å²) in [4.78, 5) is 28.8. The maximum absolute atomic E-state index is 12.9. The molecule has 2 aliphatic rings. The van der Waals surface area contributed by atoms with E-state index in [9.17, 15) is 4.79 Å². The number of aryl methyl sites for hydroxylation is 1. The molecule has 0 radical (unpaired) electrons. The smallest absolute Gasteiger partial charge is 0.289 e. The quantitative estimate of drug-likeness (QED) is 0.358. The predicted molar refractivity (Wildman–Crippen MR) is 129 cm³/mol. The van der Waals surface area contributed by atoms with E-state index in [0.717, 1.165) is 75.0 Å². The van der Waals surface area contributed by atoms with Crippen molar-refractivity contribution >= 4 is 28.6 Å². The number of nitrogens with two attached hydrogens (primary N) is 2. The Hall–Kier alpha value is -2.98. The molecule has 2 atom stereocenters. The minimum absolute atomic E-state index is 0.0237. The van der Waals surface area contributed by atoms with Crippen molar-refractivity contribution in [3.05, 3.63) is 29.6 Å². The number of nitrogens with one attached hydrogen (secondary N) is 2. The maximum atomic E-state index is 12.9. The fourth-order valence-electron chi connectivity index (χ4n) is 4.49. The Morgan fingerprint density at radius 2 is 2.00 bits per heavy atom. The van der Waals surface area contributed by atoms with Crippen LogP contribution in [0.15, 0.2) is 23.2 Å². The third-order valence-electron chi connectivity index (χ3n) is 6.24. The van der Waals surface area contributed by atoms with E-state index in [1.807, 2.05) is 25.1 Å². The lowest BCUT2D eigenvalue weighted by Gasteiger charge is -2.30. The molecular weight excluding hydrogens is 420 g/mol. The molecule has 1 aromatic carbocycles. The molecule has 10 heteroatoms. The number of aliphatic imine (C=N–C) groups is 1. The van der Waals surface area contributed by atoms with Crippen LogP contribution < -0.4 is 22.1 Å². The first-order valence-electron chi connectivity index (χ1n) is 11.7. The van der Waals surface area contributed by atoms with Crippen molar-refractivity contribution in [3.8, 4) is 0 Å². The normalized spacial score (nSPS) is 21.5. The first kappa shape index (κ1) is 23.2. The van der Waals surface area contributed by atoms with Gasteiger partial charge in [-0.1, -0.05) is 24.5 Å². The third-order valence-corrected chi connectivity index (χ3v) is 6.24. The summed E-state index contributed by atoms with van der Waals surface area (Å²) in [6.45, 7) is 6.57. The minimum Gasteiger partial charge on any atom is -0.379 e. The monoisotopic (exact) mass is 454 g/mol. The van der Waals surface area contributed by atoms with Crippen LogP contribution in [0, 0.1) is 6.92 Å². The molecule has 1 saturated heterocycles. The van der Waals surface area contributed by atoms with Gasteiger partial charge in [-0.25, -0.2) is 15.0 Å². The molecular formula is C23H34N8O2. The number of carbonyl (C=O) groups is 1. The summed E-state index contributed by atoms with van der Waals surface area (Å²) < 4.78 is 5.37. The van der Waals surface area contributed by atoms with Crippen LogP contribution in [0.1, 0.15) is 41.9 Å². The standard InChI is InChI=1S/C23H34N8O2/c1-15-6-7-17-16(14-15)20(28-18-4-2-3-5-19(18)29-23(24)25)30-21(27-17)22(32)26-8-9-31-10-12-33-13-11-31/h6-7,14,18-19H,2-5,8-13H2,1H3,(H,26,32)(H4,24,25,29)(H,27,28,30). The lowest BCUT2D eigenvalue weighted by molar-refractivity contribution is 0.0383. The second-order valence-corrected chi connectivity index (χ2v) is 8.78. The molecule has 2 aromatic rings. The second-order valence-electron chi connectivity index (χ2n) is 8.78. The zero-order chi connectivity index (χ0) is 23.2. The summed E-state index contributed by atoms with van der Waals surface area (Å²) in [5.74, 6) is 0.616. The SMILES string of the molecule is Cc1ccc2nc(C(=O)NCCN3CCOCC3)nc(NC3CCCCC3N=C(N)N)c2c1. The molecule has 1 aromatic heterocycles. The molecule has 6 N–H and O–H groups in total. The number of rotatable bonds is 7. The van der Waals surface area contributed by atoms with Gasteiger partial charge >= 0.3 is 0 Å². The van der Waals surface area contributed by atoms with Crippen LogP contribution in [-0.2, 0) is 4.74 Å². The minimum atomic E-state index is -0.279. The lowest BCUT2D eigenvalue weighted by Crippen LogP contribution is -2.41. The Morgan fingerprint density at radius 1 is 1.21 bits per heavy atom. The van der Waals surface area contributed by atoms with E-state index in [1.165, 1.54) is 0 Å². The summed E-state index contributed by atoms with van der Waals surface area (Å²) in [5, 5.41) is 7.38. The van der Waals surface area contributed by atoms with Crippen LogP contribution in [0.4, 0.5) is 5.82 Å². The van der Waals surface area contributed by atoms with Gasteiger partial charge in [0.05, 0.1) is 30.8 Å². The van der Waals surface area contributed by atoms with Crippen LogP contribution in [0.2, 0.25) is 0 Å².